The number of pyridine rings is 1. The highest BCUT2D eigenvalue weighted by molar-refractivity contribution is 7.84. The number of hydrogen-bond donors (Lipinski definition) is 2. The molecule has 7 heteroatoms. The molecule has 2 N–H and O–H groups in total. The zero-order chi connectivity index (χ0) is 23.8. The lowest BCUT2D eigenvalue weighted by Crippen LogP contribution is -2.36. The van der Waals surface area contributed by atoms with Crippen LogP contribution in [0.15, 0.2) is 66.9 Å². The highest BCUT2D eigenvalue weighted by atomic mass is 35.5. The standard InChI is InChI=1S/C26H27ClN2O2S2/c1-16(30)17-12-13-28-22(14-17)20-10-7-8-18-15-23(32-25(18)20)24(29-33(31)26(2,3)4)19-9-5-6-11-21(19)27/h5-16,24,29-30H,1-4H3/t16?,24-,33+/m1/s1. The van der Waals surface area contributed by atoms with E-state index in [1.165, 1.54) is 0 Å². The summed E-state index contributed by atoms with van der Waals surface area (Å²) < 4.78 is 17.1. The highest BCUT2D eigenvalue weighted by Crippen LogP contribution is 2.40. The van der Waals surface area contributed by atoms with Crippen LogP contribution in [0.3, 0.4) is 0 Å². The first-order chi connectivity index (χ1) is 15.6. The Balaban J connectivity index is 1.84. The third-order valence-corrected chi connectivity index (χ3v) is 8.54. The number of nitrogens with one attached hydrogen (secondary N) is 1. The van der Waals surface area contributed by atoms with Gasteiger partial charge in [0.1, 0.15) is 0 Å². The molecule has 4 nitrogen and oxygen atoms in total. The SMILES string of the molecule is CC(O)c1ccnc(-c2cccc3cc([C@H](N[S@@](=O)C(C)(C)C)c4ccccc4Cl)sc23)c1. The molecule has 0 saturated carbocycles. The van der Waals surface area contributed by atoms with Crippen molar-refractivity contribution >= 4 is 44.0 Å². The minimum Gasteiger partial charge on any atom is -0.389 e. The summed E-state index contributed by atoms with van der Waals surface area (Å²) in [5, 5.41) is 11.7. The average molecular weight is 499 g/mol. The van der Waals surface area contributed by atoms with E-state index in [2.05, 4.69) is 21.8 Å². The van der Waals surface area contributed by atoms with Crippen LogP contribution in [0.1, 0.15) is 55.8 Å². The summed E-state index contributed by atoms with van der Waals surface area (Å²) in [6, 6.07) is 19.4. The molecule has 2 aromatic heterocycles. The predicted molar refractivity (Wildman–Crippen MR) is 140 cm³/mol. The van der Waals surface area contributed by atoms with Gasteiger partial charge >= 0.3 is 0 Å². The van der Waals surface area contributed by atoms with E-state index < -0.39 is 21.8 Å². The number of thiophene rings is 1. The van der Waals surface area contributed by atoms with Gasteiger partial charge < -0.3 is 5.11 Å². The molecule has 4 aromatic rings. The van der Waals surface area contributed by atoms with Crippen molar-refractivity contribution in [1.29, 1.82) is 0 Å². The van der Waals surface area contributed by atoms with E-state index >= 15 is 0 Å². The minimum atomic E-state index is -1.29. The number of benzene rings is 2. The molecule has 0 radical (unpaired) electrons. The maximum Gasteiger partial charge on any atom is 0.0979 e. The largest absolute Gasteiger partial charge is 0.389 e. The second-order valence-corrected chi connectivity index (χ2v) is 12.5. The molecule has 2 heterocycles. The van der Waals surface area contributed by atoms with Gasteiger partial charge in [-0.3, -0.25) is 4.98 Å². The second kappa shape index (κ2) is 9.65. The maximum absolute atomic E-state index is 13.1. The zero-order valence-corrected chi connectivity index (χ0v) is 21.4. The first kappa shape index (κ1) is 24.0. The van der Waals surface area contributed by atoms with Crippen molar-refractivity contribution in [1.82, 2.24) is 9.71 Å². The Hall–Kier alpha value is -2.09. The molecule has 0 aliphatic carbocycles. The number of aromatic nitrogens is 1. The first-order valence-corrected chi connectivity index (χ1v) is 13.1. The van der Waals surface area contributed by atoms with Gasteiger partial charge in [0, 0.05) is 26.4 Å². The maximum atomic E-state index is 13.1. The van der Waals surface area contributed by atoms with Crippen molar-refractivity contribution in [2.45, 2.75) is 44.6 Å². The molecule has 33 heavy (non-hydrogen) atoms. The average Bonchev–Trinajstić information content (AvgIpc) is 3.21. The molecule has 0 aliphatic rings. The van der Waals surface area contributed by atoms with Gasteiger partial charge in [0.2, 0.25) is 0 Å². The van der Waals surface area contributed by atoms with Crippen LogP contribution in [-0.4, -0.2) is 19.0 Å². The van der Waals surface area contributed by atoms with Crippen LogP contribution in [0.5, 0.6) is 0 Å². The molecule has 2 aromatic carbocycles. The summed E-state index contributed by atoms with van der Waals surface area (Å²) in [5.74, 6) is 0. The molecule has 0 aliphatic heterocycles. The van der Waals surface area contributed by atoms with E-state index in [9.17, 15) is 9.32 Å². The number of halogens is 1. The molecule has 0 spiro atoms. The topological polar surface area (TPSA) is 62.2 Å². The van der Waals surface area contributed by atoms with Gasteiger partial charge in [0.05, 0.1) is 33.6 Å². The smallest absolute Gasteiger partial charge is 0.0979 e. The molecular formula is C26H27ClN2O2S2. The summed E-state index contributed by atoms with van der Waals surface area (Å²) in [6.45, 7) is 7.59. The van der Waals surface area contributed by atoms with Gasteiger partial charge in [-0.2, -0.15) is 0 Å². The Kier molecular flexibility index (Phi) is 7.03. The van der Waals surface area contributed by atoms with Crippen molar-refractivity contribution in [2.75, 3.05) is 0 Å². The molecule has 4 rings (SSSR count). The van der Waals surface area contributed by atoms with E-state index in [0.717, 1.165) is 37.3 Å². The molecule has 172 valence electrons. The van der Waals surface area contributed by atoms with E-state index in [1.807, 2.05) is 69.3 Å². The third kappa shape index (κ3) is 5.20. The lowest BCUT2D eigenvalue weighted by Gasteiger charge is -2.24. The number of nitrogens with zero attached hydrogens (tertiary/aromatic N) is 1. The Morgan fingerprint density at radius 1 is 1.09 bits per heavy atom. The van der Waals surface area contributed by atoms with Crippen molar-refractivity contribution in [3.63, 3.8) is 0 Å². The van der Waals surface area contributed by atoms with Crippen LogP contribution in [0.25, 0.3) is 21.3 Å². The van der Waals surface area contributed by atoms with Crippen LogP contribution in [-0.2, 0) is 11.0 Å². The number of rotatable bonds is 6. The van der Waals surface area contributed by atoms with Gasteiger partial charge in [0.15, 0.2) is 0 Å². The zero-order valence-electron chi connectivity index (χ0n) is 19.0. The normalized spacial score (nSPS) is 14.8. The van der Waals surface area contributed by atoms with Crippen LogP contribution in [0.2, 0.25) is 5.02 Å². The quantitative estimate of drug-likeness (QED) is 0.307. The Morgan fingerprint density at radius 3 is 2.55 bits per heavy atom. The number of fused-ring (bicyclic) bond motifs is 1. The van der Waals surface area contributed by atoms with Crippen molar-refractivity contribution in [3.05, 3.63) is 87.9 Å². The number of hydrogen-bond acceptors (Lipinski definition) is 4. The predicted octanol–water partition coefficient (Wildman–Crippen LogP) is 6.81. The highest BCUT2D eigenvalue weighted by Gasteiger charge is 2.27. The van der Waals surface area contributed by atoms with Gasteiger partial charge in [-0.15, -0.1) is 11.3 Å². The van der Waals surface area contributed by atoms with Crippen LogP contribution < -0.4 is 4.72 Å². The van der Waals surface area contributed by atoms with E-state index in [0.29, 0.717) is 5.02 Å². The van der Waals surface area contributed by atoms with Crippen molar-refractivity contribution < 1.29 is 9.32 Å². The summed E-state index contributed by atoms with van der Waals surface area (Å²) in [4.78, 5) is 5.58. The van der Waals surface area contributed by atoms with E-state index in [4.69, 9.17) is 11.6 Å². The molecule has 0 bridgehead atoms. The third-order valence-electron chi connectivity index (χ3n) is 5.39. The fraction of sp³-hybridized carbons (Fsp3) is 0.269. The lowest BCUT2D eigenvalue weighted by molar-refractivity contribution is 0.199. The van der Waals surface area contributed by atoms with E-state index in [-0.39, 0.29) is 6.04 Å². The van der Waals surface area contributed by atoms with Gasteiger partial charge in [-0.1, -0.05) is 48.0 Å². The van der Waals surface area contributed by atoms with Gasteiger partial charge in [-0.25, -0.2) is 8.93 Å². The van der Waals surface area contributed by atoms with E-state index in [1.54, 1.807) is 24.5 Å². The number of aliphatic hydroxyl groups is 1. The fourth-order valence-corrected chi connectivity index (χ4v) is 5.94. The molecule has 0 amide bonds. The fourth-order valence-electron chi connectivity index (χ4n) is 3.55. The number of aliphatic hydroxyl groups excluding tert-OH is 1. The van der Waals surface area contributed by atoms with Crippen LogP contribution in [0.4, 0.5) is 0 Å². The summed E-state index contributed by atoms with van der Waals surface area (Å²) >= 11 is 8.21. The van der Waals surface area contributed by atoms with Gasteiger partial charge in [0.25, 0.3) is 0 Å². The van der Waals surface area contributed by atoms with Crippen molar-refractivity contribution in [2.24, 2.45) is 0 Å². The Labute approximate surface area is 206 Å². The lowest BCUT2D eigenvalue weighted by atomic mass is 10.0. The molecule has 3 atom stereocenters. The van der Waals surface area contributed by atoms with Gasteiger partial charge in [-0.05, 0) is 68.5 Å². The monoisotopic (exact) mass is 498 g/mol. The Bertz CT molecular complexity index is 1310. The summed E-state index contributed by atoms with van der Waals surface area (Å²) in [7, 11) is -1.29. The van der Waals surface area contributed by atoms with Crippen molar-refractivity contribution in [3.8, 4) is 11.3 Å². The molecular weight excluding hydrogens is 472 g/mol. The second-order valence-electron chi connectivity index (χ2n) is 8.98. The van der Waals surface area contributed by atoms with Crippen LogP contribution in [0, 0.1) is 0 Å². The summed E-state index contributed by atoms with van der Waals surface area (Å²) in [6.07, 6.45) is 1.16. The molecule has 0 saturated heterocycles. The Morgan fingerprint density at radius 2 is 1.85 bits per heavy atom. The summed E-state index contributed by atoms with van der Waals surface area (Å²) in [5.41, 5.74) is 3.53. The first-order valence-electron chi connectivity index (χ1n) is 10.7. The molecule has 1 unspecified atom stereocenters. The van der Waals surface area contributed by atoms with Crippen LogP contribution >= 0.6 is 22.9 Å². The molecule has 0 fully saturated rings. The minimum absolute atomic E-state index is 0.319.